The lowest BCUT2D eigenvalue weighted by atomic mass is 9.94. The van der Waals surface area contributed by atoms with E-state index in [-0.39, 0.29) is 18.0 Å². The molecule has 1 aromatic carbocycles. The number of nitrogens with zero attached hydrogens (tertiary/aromatic N) is 1. The molecule has 1 aromatic heterocycles. The fourth-order valence-corrected chi connectivity index (χ4v) is 2.74. The number of nitrogens with one attached hydrogen (secondary N) is 2. The molecule has 2 atom stereocenters. The standard InChI is InChI=1S/C17H19N3O/c1-12(15-8-4-5-10-18-15)20-17(21)16-14-7-3-2-6-13(14)9-11-19-16/h2-8,10,12,16,19H,9,11H2,1H3,(H,20,21)/t12-,16?/m1/s1. The zero-order valence-corrected chi connectivity index (χ0v) is 12.0. The van der Waals surface area contributed by atoms with Crippen LogP contribution < -0.4 is 10.6 Å². The minimum Gasteiger partial charge on any atom is -0.346 e. The van der Waals surface area contributed by atoms with Gasteiger partial charge in [0, 0.05) is 12.7 Å². The Hall–Kier alpha value is -2.20. The molecule has 2 aromatic rings. The first-order valence-electron chi connectivity index (χ1n) is 7.28. The molecule has 0 fully saturated rings. The van der Waals surface area contributed by atoms with E-state index in [4.69, 9.17) is 0 Å². The van der Waals surface area contributed by atoms with E-state index in [1.807, 2.05) is 43.3 Å². The Kier molecular flexibility index (Phi) is 3.97. The first kappa shape index (κ1) is 13.8. The van der Waals surface area contributed by atoms with Crippen molar-refractivity contribution in [1.29, 1.82) is 0 Å². The van der Waals surface area contributed by atoms with Crippen molar-refractivity contribution in [3.05, 3.63) is 65.5 Å². The highest BCUT2D eigenvalue weighted by atomic mass is 16.2. The Morgan fingerprint density at radius 2 is 2.10 bits per heavy atom. The van der Waals surface area contributed by atoms with E-state index in [1.54, 1.807) is 6.20 Å². The SMILES string of the molecule is C[C@@H](NC(=O)C1NCCc2ccccc21)c1ccccn1. The number of fused-ring (bicyclic) bond motifs is 1. The van der Waals surface area contributed by atoms with Crippen LogP contribution in [0.1, 0.15) is 35.8 Å². The van der Waals surface area contributed by atoms with Gasteiger partial charge in [0.05, 0.1) is 11.7 Å². The van der Waals surface area contributed by atoms with Crippen molar-refractivity contribution >= 4 is 5.91 Å². The van der Waals surface area contributed by atoms with Crippen LogP contribution in [0, 0.1) is 0 Å². The van der Waals surface area contributed by atoms with Gasteiger partial charge in [0.1, 0.15) is 6.04 Å². The number of pyridine rings is 1. The maximum absolute atomic E-state index is 12.5. The molecule has 0 saturated heterocycles. The summed E-state index contributed by atoms with van der Waals surface area (Å²) in [5.74, 6) is 0.000281. The fourth-order valence-electron chi connectivity index (χ4n) is 2.74. The van der Waals surface area contributed by atoms with Crippen LogP contribution in [0.25, 0.3) is 0 Å². The Balaban J connectivity index is 1.75. The molecular weight excluding hydrogens is 262 g/mol. The lowest BCUT2D eigenvalue weighted by molar-refractivity contribution is -0.124. The van der Waals surface area contributed by atoms with Crippen LogP contribution in [0.3, 0.4) is 0 Å². The average molecular weight is 281 g/mol. The van der Waals surface area contributed by atoms with Gasteiger partial charge in [0.25, 0.3) is 0 Å². The van der Waals surface area contributed by atoms with Crippen LogP contribution in [-0.4, -0.2) is 17.4 Å². The summed E-state index contributed by atoms with van der Waals surface area (Å²) in [5.41, 5.74) is 3.20. The van der Waals surface area contributed by atoms with E-state index in [1.165, 1.54) is 5.56 Å². The number of rotatable bonds is 3. The summed E-state index contributed by atoms with van der Waals surface area (Å²) in [6, 6.07) is 13.5. The van der Waals surface area contributed by atoms with Crippen LogP contribution in [0.15, 0.2) is 48.7 Å². The molecule has 0 aliphatic carbocycles. The maximum Gasteiger partial charge on any atom is 0.242 e. The molecule has 21 heavy (non-hydrogen) atoms. The van der Waals surface area contributed by atoms with Gasteiger partial charge in [-0.05, 0) is 36.6 Å². The van der Waals surface area contributed by atoms with Gasteiger partial charge in [-0.1, -0.05) is 30.3 Å². The number of benzene rings is 1. The number of amides is 1. The van der Waals surface area contributed by atoms with Crippen molar-refractivity contribution in [2.75, 3.05) is 6.54 Å². The van der Waals surface area contributed by atoms with Crippen LogP contribution in [0.2, 0.25) is 0 Å². The second-order valence-electron chi connectivity index (χ2n) is 5.32. The fraction of sp³-hybridized carbons (Fsp3) is 0.294. The molecule has 2 heterocycles. The Bertz CT molecular complexity index is 627. The van der Waals surface area contributed by atoms with Gasteiger partial charge < -0.3 is 10.6 Å². The first-order valence-corrected chi connectivity index (χ1v) is 7.28. The van der Waals surface area contributed by atoms with Gasteiger partial charge in [-0.15, -0.1) is 0 Å². The van der Waals surface area contributed by atoms with Crippen LogP contribution >= 0.6 is 0 Å². The quantitative estimate of drug-likeness (QED) is 0.906. The van der Waals surface area contributed by atoms with Crippen molar-refractivity contribution in [1.82, 2.24) is 15.6 Å². The zero-order valence-electron chi connectivity index (χ0n) is 12.0. The Morgan fingerprint density at radius 3 is 2.90 bits per heavy atom. The van der Waals surface area contributed by atoms with Crippen LogP contribution in [-0.2, 0) is 11.2 Å². The van der Waals surface area contributed by atoms with Crippen molar-refractivity contribution in [2.24, 2.45) is 0 Å². The zero-order chi connectivity index (χ0) is 14.7. The predicted octanol–water partition coefficient (Wildman–Crippen LogP) is 2.15. The van der Waals surface area contributed by atoms with Gasteiger partial charge in [-0.25, -0.2) is 0 Å². The molecule has 4 heteroatoms. The molecule has 4 nitrogen and oxygen atoms in total. The highest BCUT2D eigenvalue weighted by Crippen LogP contribution is 2.23. The van der Waals surface area contributed by atoms with E-state index >= 15 is 0 Å². The average Bonchev–Trinajstić information content (AvgIpc) is 2.55. The smallest absolute Gasteiger partial charge is 0.242 e. The van der Waals surface area contributed by atoms with E-state index in [9.17, 15) is 4.79 Å². The van der Waals surface area contributed by atoms with Crippen molar-refractivity contribution in [3.8, 4) is 0 Å². The summed E-state index contributed by atoms with van der Waals surface area (Å²) < 4.78 is 0. The first-order chi connectivity index (χ1) is 10.3. The molecular formula is C17H19N3O. The third-order valence-corrected chi connectivity index (χ3v) is 3.86. The molecule has 3 rings (SSSR count). The molecule has 0 spiro atoms. The normalized spacial score (nSPS) is 18.6. The highest BCUT2D eigenvalue weighted by Gasteiger charge is 2.26. The molecule has 1 aliphatic heterocycles. The molecule has 0 bridgehead atoms. The van der Waals surface area contributed by atoms with E-state index in [0.717, 1.165) is 24.2 Å². The van der Waals surface area contributed by atoms with Crippen molar-refractivity contribution in [2.45, 2.75) is 25.4 Å². The summed E-state index contributed by atoms with van der Waals surface area (Å²) in [6.07, 6.45) is 2.71. The monoisotopic (exact) mass is 281 g/mol. The molecule has 108 valence electrons. The number of carbonyl (C=O) groups is 1. The number of hydrogen-bond acceptors (Lipinski definition) is 3. The topological polar surface area (TPSA) is 54.0 Å². The molecule has 1 aliphatic rings. The number of hydrogen-bond donors (Lipinski definition) is 2. The minimum absolute atomic E-state index is 0.000281. The predicted molar refractivity (Wildman–Crippen MR) is 81.7 cm³/mol. The molecule has 0 saturated carbocycles. The van der Waals surface area contributed by atoms with E-state index < -0.39 is 0 Å². The number of aromatic nitrogens is 1. The van der Waals surface area contributed by atoms with Gasteiger partial charge in [0.15, 0.2) is 0 Å². The summed E-state index contributed by atoms with van der Waals surface area (Å²) in [6.45, 7) is 2.78. The van der Waals surface area contributed by atoms with E-state index in [2.05, 4.69) is 21.7 Å². The number of carbonyl (C=O) groups excluding carboxylic acids is 1. The minimum atomic E-state index is -0.277. The molecule has 1 amide bonds. The largest absolute Gasteiger partial charge is 0.346 e. The summed E-state index contributed by atoms with van der Waals surface area (Å²) in [4.78, 5) is 16.8. The van der Waals surface area contributed by atoms with Crippen LogP contribution in [0.5, 0.6) is 0 Å². The van der Waals surface area contributed by atoms with Crippen molar-refractivity contribution < 1.29 is 4.79 Å². The lowest BCUT2D eigenvalue weighted by Gasteiger charge is -2.27. The van der Waals surface area contributed by atoms with Gasteiger partial charge in [-0.3, -0.25) is 9.78 Å². The summed E-state index contributed by atoms with van der Waals surface area (Å²) >= 11 is 0. The van der Waals surface area contributed by atoms with E-state index in [0.29, 0.717) is 0 Å². The molecule has 2 N–H and O–H groups in total. The third-order valence-electron chi connectivity index (χ3n) is 3.86. The molecule has 0 radical (unpaired) electrons. The Labute approximate surface area is 124 Å². The maximum atomic E-state index is 12.5. The van der Waals surface area contributed by atoms with Gasteiger partial charge >= 0.3 is 0 Å². The second-order valence-corrected chi connectivity index (χ2v) is 5.32. The van der Waals surface area contributed by atoms with Gasteiger partial charge in [0.2, 0.25) is 5.91 Å². The molecule has 1 unspecified atom stereocenters. The second kappa shape index (κ2) is 6.06. The summed E-state index contributed by atoms with van der Waals surface area (Å²) in [5, 5.41) is 6.34. The lowest BCUT2D eigenvalue weighted by Crippen LogP contribution is -2.42. The summed E-state index contributed by atoms with van der Waals surface area (Å²) in [7, 11) is 0. The van der Waals surface area contributed by atoms with Crippen molar-refractivity contribution in [3.63, 3.8) is 0 Å². The Morgan fingerprint density at radius 1 is 1.29 bits per heavy atom. The third kappa shape index (κ3) is 2.95. The van der Waals surface area contributed by atoms with Crippen LogP contribution in [0.4, 0.5) is 0 Å². The highest BCUT2D eigenvalue weighted by molar-refractivity contribution is 5.84. The van der Waals surface area contributed by atoms with Gasteiger partial charge in [-0.2, -0.15) is 0 Å².